The molecule has 0 saturated carbocycles. The Labute approximate surface area is 224 Å². The number of benzene rings is 3. The molecule has 0 heterocycles. The number of nitrogens with one attached hydrogen (secondary N) is 2. The van der Waals surface area contributed by atoms with Gasteiger partial charge in [0.15, 0.2) is 0 Å². The van der Waals surface area contributed by atoms with Gasteiger partial charge in [-0.25, -0.2) is 13.8 Å². The van der Waals surface area contributed by atoms with Crippen molar-refractivity contribution in [1.82, 2.24) is 10.1 Å². The molecule has 1 amide bonds. The average molecular weight is 558 g/mol. The topological polar surface area (TPSA) is 131 Å². The van der Waals surface area contributed by atoms with Crippen molar-refractivity contribution in [2.45, 2.75) is 49.9 Å². The van der Waals surface area contributed by atoms with Crippen molar-refractivity contribution in [3.63, 3.8) is 0 Å². The molecule has 0 bridgehead atoms. The SMILES string of the molecule is Cc1ccc(S(=O)(=O)N[C@@H](CC(C)C)C(=O)N/N=C\c2cccc(OS(=O)(=O)c3ccc(C)cc3)c2)cc1. The van der Waals surface area contributed by atoms with E-state index >= 15 is 0 Å². The summed E-state index contributed by atoms with van der Waals surface area (Å²) in [7, 11) is -7.95. The van der Waals surface area contributed by atoms with Gasteiger partial charge in [0.1, 0.15) is 16.7 Å². The zero-order valence-corrected chi connectivity index (χ0v) is 23.2. The van der Waals surface area contributed by atoms with Crippen molar-refractivity contribution in [3.8, 4) is 5.75 Å². The highest BCUT2D eigenvalue weighted by molar-refractivity contribution is 7.89. The van der Waals surface area contributed by atoms with Gasteiger partial charge in [-0.1, -0.05) is 61.4 Å². The van der Waals surface area contributed by atoms with E-state index in [-0.39, 0.29) is 27.9 Å². The van der Waals surface area contributed by atoms with Crippen LogP contribution in [0.25, 0.3) is 0 Å². The Morgan fingerprint density at radius 3 is 2.05 bits per heavy atom. The molecule has 3 rings (SSSR count). The molecule has 0 aromatic heterocycles. The van der Waals surface area contributed by atoms with Crippen molar-refractivity contribution in [2.24, 2.45) is 11.0 Å². The molecule has 3 aromatic carbocycles. The van der Waals surface area contributed by atoms with E-state index in [1.165, 1.54) is 42.6 Å². The van der Waals surface area contributed by atoms with Crippen LogP contribution in [-0.2, 0) is 24.9 Å². The highest BCUT2D eigenvalue weighted by atomic mass is 32.2. The fraction of sp³-hybridized carbons (Fsp3) is 0.259. The molecule has 0 radical (unpaired) electrons. The summed E-state index contributed by atoms with van der Waals surface area (Å²) >= 11 is 0. The molecule has 0 aliphatic heterocycles. The average Bonchev–Trinajstić information content (AvgIpc) is 2.83. The number of carbonyl (C=O) groups excluding carboxylic acids is 1. The summed E-state index contributed by atoms with van der Waals surface area (Å²) in [6.07, 6.45) is 1.57. The Hall–Kier alpha value is -3.54. The summed E-state index contributed by atoms with van der Waals surface area (Å²) in [4.78, 5) is 12.9. The Bertz CT molecular complexity index is 1500. The number of aryl methyl sites for hydroxylation is 2. The number of amides is 1. The van der Waals surface area contributed by atoms with E-state index in [2.05, 4.69) is 15.2 Å². The second-order valence-corrected chi connectivity index (χ2v) is 12.5. The number of hydrazone groups is 1. The van der Waals surface area contributed by atoms with Gasteiger partial charge in [0, 0.05) is 0 Å². The number of hydrogen-bond acceptors (Lipinski definition) is 7. The number of nitrogens with zero attached hydrogens (tertiary/aromatic N) is 1. The van der Waals surface area contributed by atoms with Crippen LogP contribution >= 0.6 is 0 Å². The number of rotatable bonds is 11. The fourth-order valence-corrected chi connectivity index (χ4v) is 5.56. The molecular weight excluding hydrogens is 526 g/mol. The third-order valence-corrected chi connectivity index (χ3v) is 8.16. The molecular formula is C27H31N3O6S2. The lowest BCUT2D eigenvalue weighted by Crippen LogP contribution is -2.46. The first kappa shape index (κ1) is 29.0. The minimum Gasteiger partial charge on any atom is -0.379 e. The standard InChI is InChI=1S/C27H31N3O6S2/c1-19(2)16-26(30-37(32,33)24-12-8-20(3)9-13-24)27(31)29-28-18-22-6-5-7-23(17-22)36-38(34,35)25-14-10-21(4)11-15-25/h5-15,17-19,26,30H,16H2,1-4H3,(H,29,31)/b28-18-/t26-/m0/s1. The minimum absolute atomic E-state index is 0.0266. The first-order chi connectivity index (χ1) is 17.9. The van der Waals surface area contributed by atoms with E-state index in [1.807, 2.05) is 27.7 Å². The first-order valence-corrected chi connectivity index (χ1v) is 14.8. The molecule has 0 unspecified atom stereocenters. The molecule has 0 aliphatic rings. The molecule has 202 valence electrons. The number of carbonyl (C=O) groups is 1. The molecule has 3 aromatic rings. The van der Waals surface area contributed by atoms with Gasteiger partial charge in [-0.15, -0.1) is 0 Å². The Morgan fingerprint density at radius 1 is 0.895 bits per heavy atom. The lowest BCUT2D eigenvalue weighted by molar-refractivity contribution is -0.123. The summed E-state index contributed by atoms with van der Waals surface area (Å²) in [6.45, 7) is 7.45. The smallest absolute Gasteiger partial charge is 0.339 e. The maximum atomic E-state index is 12.8. The van der Waals surface area contributed by atoms with Gasteiger partial charge < -0.3 is 4.18 Å². The van der Waals surface area contributed by atoms with Crippen molar-refractivity contribution in [1.29, 1.82) is 0 Å². The van der Waals surface area contributed by atoms with Gasteiger partial charge >= 0.3 is 10.1 Å². The maximum Gasteiger partial charge on any atom is 0.339 e. The molecule has 0 aliphatic carbocycles. The summed E-state index contributed by atoms with van der Waals surface area (Å²) in [5.41, 5.74) is 4.66. The van der Waals surface area contributed by atoms with Crippen LogP contribution in [0.1, 0.15) is 37.0 Å². The van der Waals surface area contributed by atoms with Crippen molar-refractivity contribution in [2.75, 3.05) is 0 Å². The van der Waals surface area contributed by atoms with Crippen LogP contribution < -0.4 is 14.3 Å². The molecule has 9 nitrogen and oxygen atoms in total. The maximum absolute atomic E-state index is 12.8. The third-order valence-electron chi connectivity index (χ3n) is 5.41. The van der Waals surface area contributed by atoms with Crippen LogP contribution in [0, 0.1) is 19.8 Å². The molecule has 11 heteroatoms. The Morgan fingerprint density at radius 2 is 1.47 bits per heavy atom. The number of sulfonamides is 1. The van der Waals surface area contributed by atoms with Crippen molar-refractivity contribution >= 4 is 32.3 Å². The predicted molar refractivity (Wildman–Crippen MR) is 146 cm³/mol. The Balaban J connectivity index is 1.69. The molecule has 0 spiro atoms. The first-order valence-electron chi connectivity index (χ1n) is 11.9. The highest BCUT2D eigenvalue weighted by Gasteiger charge is 2.26. The van der Waals surface area contributed by atoms with Gasteiger partial charge in [-0.3, -0.25) is 4.79 Å². The quantitative estimate of drug-likeness (QED) is 0.209. The van der Waals surface area contributed by atoms with Crippen molar-refractivity contribution in [3.05, 3.63) is 89.5 Å². The van der Waals surface area contributed by atoms with Crippen LogP contribution in [0.15, 0.2) is 87.7 Å². The van der Waals surface area contributed by atoms with E-state index in [4.69, 9.17) is 4.18 Å². The Kier molecular flexibility index (Phi) is 9.42. The summed E-state index contributed by atoms with van der Waals surface area (Å²) < 4.78 is 58.4. The van der Waals surface area contributed by atoms with Crippen molar-refractivity contribution < 1.29 is 25.8 Å². The molecule has 1 atom stereocenters. The van der Waals surface area contributed by atoms with Crippen LogP contribution in [0.4, 0.5) is 0 Å². The highest BCUT2D eigenvalue weighted by Crippen LogP contribution is 2.20. The van der Waals surface area contributed by atoms with E-state index in [1.54, 1.807) is 36.4 Å². The lowest BCUT2D eigenvalue weighted by atomic mass is 10.0. The molecule has 0 fully saturated rings. The van der Waals surface area contributed by atoms with E-state index in [9.17, 15) is 21.6 Å². The van der Waals surface area contributed by atoms with E-state index < -0.39 is 32.1 Å². The summed E-state index contributed by atoms with van der Waals surface area (Å²) in [5, 5.41) is 3.93. The van der Waals surface area contributed by atoms with E-state index in [0.29, 0.717) is 5.56 Å². The van der Waals surface area contributed by atoms with Gasteiger partial charge in [0.25, 0.3) is 5.91 Å². The monoisotopic (exact) mass is 557 g/mol. The number of hydrogen-bond donors (Lipinski definition) is 2. The van der Waals surface area contributed by atoms with Crippen LogP contribution in [-0.4, -0.2) is 35.0 Å². The zero-order valence-electron chi connectivity index (χ0n) is 21.6. The molecule has 0 saturated heterocycles. The van der Waals surface area contributed by atoms with Gasteiger partial charge in [0.05, 0.1) is 11.1 Å². The van der Waals surface area contributed by atoms with Crippen LogP contribution in [0.5, 0.6) is 5.75 Å². The fourth-order valence-electron chi connectivity index (χ4n) is 3.43. The minimum atomic E-state index is -4.03. The second kappa shape index (κ2) is 12.3. The largest absolute Gasteiger partial charge is 0.379 e. The van der Waals surface area contributed by atoms with Crippen LogP contribution in [0.2, 0.25) is 0 Å². The normalized spacial score (nSPS) is 13.0. The van der Waals surface area contributed by atoms with Crippen LogP contribution in [0.3, 0.4) is 0 Å². The third kappa shape index (κ3) is 8.23. The van der Waals surface area contributed by atoms with Gasteiger partial charge in [0.2, 0.25) is 10.0 Å². The van der Waals surface area contributed by atoms with Gasteiger partial charge in [-0.05, 0) is 68.1 Å². The predicted octanol–water partition coefficient (Wildman–Crippen LogP) is 3.91. The van der Waals surface area contributed by atoms with Gasteiger partial charge in [-0.2, -0.15) is 18.2 Å². The molecule has 2 N–H and O–H groups in total. The summed E-state index contributed by atoms with van der Waals surface area (Å²) in [5.74, 6) is -0.524. The second-order valence-electron chi connectivity index (χ2n) is 9.27. The summed E-state index contributed by atoms with van der Waals surface area (Å²) in [6, 6.07) is 17.7. The van der Waals surface area contributed by atoms with E-state index in [0.717, 1.165) is 11.1 Å². The lowest BCUT2D eigenvalue weighted by Gasteiger charge is -2.19. The zero-order chi connectivity index (χ0) is 27.9. The molecule has 38 heavy (non-hydrogen) atoms.